The van der Waals surface area contributed by atoms with Gasteiger partial charge in [-0.05, 0) is 25.5 Å². The van der Waals surface area contributed by atoms with Gasteiger partial charge in [-0.15, -0.1) is 34.4 Å². The van der Waals surface area contributed by atoms with Gasteiger partial charge >= 0.3 is 18.0 Å². The molecule has 2 aliphatic heterocycles. The average molecular weight is 694 g/mol. The summed E-state index contributed by atoms with van der Waals surface area (Å²) in [5, 5.41) is 26.5. The molecule has 0 aliphatic carbocycles. The van der Waals surface area contributed by atoms with E-state index in [1.54, 1.807) is 19.2 Å². The molecule has 0 aromatic carbocycles. The lowest BCUT2D eigenvalue weighted by Crippen LogP contribution is -2.71. The number of thiazole rings is 2. The molecule has 2 atom stereocenters. The lowest BCUT2D eigenvalue weighted by Gasteiger charge is -2.49. The number of nitrogen functional groups attached to an aromatic ring is 1. The normalized spacial score (nSPS) is 18.4. The number of carbonyl (C=O) groups excluding carboxylic acids is 3. The topological polar surface area (TPSA) is 244 Å². The Morgan fingerprint density at radius 2 is 2.02 bits per heavy atom. The van der Waals surface area contributed by atoms with Crippen LogP contribution < -0.4 is 21.4 Å². The molecular formula is C25H25N8O8S4+. The largest absolute Gasteiger partial charge is 0.493 e. The van der Waals surface area contributed by atoms with Crippen LogP contribution in [0.25, 0.3) is 10.2 Å². The summed E-state index contributed by atoms with van der Waals surface area (Å²) < 4.78 is 2.76. The second-order valence-corrected chi connectivity index (χ2v) is 14.4. The fourth-order valence-electron chi connectivity index (χ4n) is 4.30. The van der Waals surface area contributed by atoms with Crippen molar-refractivity contribution in [2.75, 3.05) is 17.2 Å². The highest BCUT2D eigenvalue weighted by Gasteiger charge is 2.54. The van der Waals surface area contributed by atoms with E-state index in [4.69, 9.17) is 16.3 Å². The van der Waals surface area contributed by atoms with E-state index in [1.807, 2.05) is 0 Å². The fourth-order valence-corrected chi connectivity index (χ4v) is 8.45. The summed E-state index contributed by atoms with van der Waals surface area (Å²) in [5.74, 6) is -3.65. The molecule has 1 fully saturated rings. The summed E-state index contributed by atoms with van der Waals surface area (Å²) >= 11 is 4.97. The average Bonchev–Trinajstić information content (AvgIpc) is 3.60. The van der Waals surface area contributed by atoms with Crippen LogP contribution in [0.3, 0.4) is 0 Å². The van der Waals surface area contributed by atoms with Crippen LogP contribution in [0.5, 0.6) is 0 Å². The molecule has 0 bridgehead atoms. The van der Waals surface area contributed by atoms with Crippen molar-refractivity contribution in [1.82, 2.24) is 20.2 Å². The van der Waals surface area contributed by atoms with Gasteiger partial charge in [0.25, 0.3) is 11.8 Å². The van der Waals surface area contributed by atoms with E-state index < -0.39 is 52.5 Å². The molecule has 3 amide bonds. The summed E-state index contributed by atoms with van der Waals surface area (Å²) in [6.07, 6.45) is 1.56. The Balaban J connectivity index is 1.33. The van der Waals surface area contributed by atoms with E-state index in [2.05, 4.69) is 20.4 Å². The molecule has 45 heavy (non-hydrogen) atoms. The second-order valence-electron chi connectivity index (χ2n) is 10.1. The fraction of sp³-hybridized carbons (Fsp3) is 0.320. The van der Waals surface area contributed by atoms with E-state index in [9.17, 15) is 34.2 Å². The molecule has 7 N–H and O–H groups in total. The van der Waals surface area contributed by atoms with E-state index in [0.29, 0.717) is 21.1 Å². The van der Waals surface area contributed by atoms with Crippen LogP contribution in [0.4, 0.5) is 9.93 Å². The minimum atomic E-state index is -1.78. The molecule has 1 saturated heterocycles. The number of hydrogen-bond acceptors (Lipinski definition) is 14. The predicted molar refractivity (Wildman–Crippen MR) is 166 cm³/mol. The van der Waals surface area contributed by atoms with Gasteiger partial charge in [-0.25, -0.2) is 19.6 Å². The zero-order valence-electron chi connectivity index (χ0n) is 23.7. The number of oxime groups is 1. The minimum absolute atomic E-state index is 0.0102. The number of carboxylic acids is 2. The Morgan fingerprint density at radius 3 is 2.64 bits per heavy atom. The maximum absolute atomic E-state index is 13.3. The van der Waals surface area contributed by atoms with Gasteiger partial charge in [0, 0.05) is 23.8 Å². The highest BCUT2D eigenvalue weighted by molar-refractivity contribution is 8.02. The van der Waals surface area contributed by atoms with Crippen LogP contribution in [-0.4, -0.2) is 89.1 Å². The van der Waals surface area contributed by atoms with Crippen LogP contribution in [0.15, 0.2) is 38.4 Å². The van der Waals surface area contributed by atoms with Gasteiger partial charge in [0.2, 0.25) is 5.60 Å². The smallest absolute Gasteiger partial charge is 0.478 e. The van der Waals surface area contributed by atoms with Gasteiger partial charge in [0.05, 0.1) is 4.70 Å². The van der Waals surface area contributed by atoms with Crippen LogP contribution in [0.1, 0.15) is 25.2 Å². The summed E-state index contributed by atoms with van der Waals surface area (Å²) in [6.45, 7) is 4.20. The Kier molecular flexibility index (Phi) is 8.75. The monoisotopic (exact) mass is 693 g/mol. The number of fused-ring (bicyclic) bond motifs is 2. The third-order valence-electron chi connectivity index (χ3n) is 6.72. The van der Waals surface area contributed by atoms with Crippen LogP contribution >= 0.6 is 46.2 Å². The minimum Gasteiger partial charge on any atom is -0.478 e. The lowest BCUT2D eigenvalue weighted by molar-refractivity contribution is -0.575. The first-order valence-electron chi connectivity index (χ1n) is 12.9. The Morgan fingerprint density at radius 1 is 1.29 bits per heavy atom. The van der Waals surface area contributed by atoms with Gasteiger partial charge in [0.1, 0.15) is 40.2 Å². The Bertz CT molecular complexity index is 1830. The van der Waals surface area contributed by atoms with Gasteiger partial charge in [-0.2, -0.15) is 9.36 Å². The number of nitrogens with zero attached hydrogens (tertiary/aromatic N) is 5. The van der Waals surface area contributed by atoms with Crippen molar-refractivity contribution in [2.24, 2.45) is 10.9 Å². The summed E-state index contributed by atoms with van der Waals surface area (Å²) in [4.78, 5) is 76.8. The van der Waals surface area contributed by atoms with Gasteiger partial charge in [0.15, 0.2) is 15.2 Å². The van der Waals surface area contributed by atoms with Crippen molar-refractivity contribution in [1.29, 1.82) is 0 Å². The quantitative estimate of drug-likeness (QED) is 0.0654. The number of hydrogen-bond donors (Lipinski definition) is 5. The summed E-state index contributed by atoms with van der Waals surface area (Å²) in [5.41, 5.74) is 10.4. The van der Waals surface area contributed by atoms with Crippen molar-refractivity contribution in [3.05, 3.63) is 40.3 Å². The SMILES string of the molecule is Cc1c2nc(SCC3=C(C(=O)O)N4C(=O)C(NC(=O)C(=NOC(C)(C)C(=O)O)c5csc(N)n5)[C@@H]4SC3)sc2cc[n+]1C(N)=O. The van der Waals surface area contributed by atoms with Crippen molar-refractivity contribution in [3.63, 3.8) is 0 Å². The number of aryl methyl sites for hydroxylation is 1. The van der Waals surface area contributed by atoms with Crippen molar-refractivity contribution in [2.45, 2.75) is 42.1 Å². The van der Waals surface area contributed by atoms with Gasteiger partial charge in [-0.3, -0.25) is 20.2 Å². The van der Waals surface area contributed by atoms with E-state index in [0.717, 1.165) is 20.9 Å². The molecule has 0 spiro atoms. The number of nitrogens with one attached hydrogen (secondary N) is 1. The number of nitrogens with two attached hydrogens (primary N) is 2. The maximum atomic E-state index is 13.3. The number of primary amides is 1. The number of carbonyl (C=O) groups is 5. The summed E-state index contributed by atoms with van der Waals surface area (Å²) in [6, 6.07) is -0.00465. The van der Waals surface area contributed by atoms with Gasteiger partial charge < -0.3 is 26.1 Å². The highest BCUT2D eigenvalue weighted by Crippen LogP contribution is 2.42. The molecule has 3 aromatic rings. The third-order valence-corrected chi connectivity index (χ3v) is 11.0. The predicted octanol–water partition coefficient (Wildman–Crippen LogP) is 0.973. The second kappa shape index (κ2) is 12.3. The Labute approximate surface area is 270 Å². The standard InChI is InChI=1S/C25H24N8O8S4/c1-9-13-12(4-5-32(9)23(27)40)45-24(30-13)44-7-10-6-42-19-15(18(35)33(19)16(10)20(36)37)29-17(34)14(11-8-43-22(26)28-11)31-41-25(2,3)21(38)39/h4-5,8,15,19H,6-7H2,1-3H3,(H6-,26,27,28,29,34,36,37,38,39,40)/p+1/t15?,19-/m0/s1. The zero-order chi connectivity index (χ0) is 32.8. The molecule has 0 saturated carbocycles. The Hall–Kier alpha value is -4.27. The number of aromatic nitrogens is 3. The number of anilines is 1. The number of carboxylic acid groups (broad SMARTS) is 2. The van der Waals surface area contributed by atoms with E-state index in [1.165, 1.54) is 58.7 Å². The van der Waals surface area contributed by atoms with Gasteiger partial charge in [-0.1, -0.05) is 16.9 Å². The van der Waals surface area contributed by atoms with Crippen LogP contribution in [-0.2, 0) is 24.0 Å². The number of rotatable bonds is 10. The van der Waals surface area contributed by atoms with E-state index >= 15 is 0 Å². The molecule has 236 valence electrons. The van der Waals surface area contributed by atoms with E-state index in [-0.39, 0.29) is 28.0 Å². The lowest BCUT2D eigenvalue weighted by atomic mass is 10.0. The van der Waals surface area contributed by atoms with Crippen molar-refractivity contribution in [3.8, 4) is 0 Å². The molecule has 16 nitrogen and oxygen atoms in total. The zero-order valence-corrected chi connectivity index (χ0v) is 26.9. The first-order chi connectivity index (χ1) is 21.2. The number of amides is 3. The molecule has 2 aliphatic rings. The molecule has 20 heteroatoms. The molecule has 3 aromatic heterocycles. The molecular weight excluding hydrogens is 669 g/mol. The molecule has 0 radical (unpaired) electrons. The molecule has 5 rings (SSSR count). The van der Waals surface area contributed by atoms with Crippen molar-refractivity contribution < 1.29 is 43.6 Å². The maximum Gasteiger partial charge on any atom is 0.493 e. The molecule has 1 unspecified atom stereocenters. The number of aliphatic carboxylic acids is 2. The summed E-state index contributed by atoms with van der Waals surface area (Å²) in [7, 11) is 0. The first kappa shape index (κ1) is 32.1. The van der Waals surface area contributed by atoms with Crippen LogP contribution in [0.2, 0.25) is 0 Å². The highest BCUT2D eigenvalue weighted by atomic mass is 32.2. The first-order valence-corrected chi connectivity index (χ1v) is 16.6. The molecule has 5 heterocycles. The third kappa shape index (κ3) is 6.17. The number of β-lactam (4-membered cyclic amide) rings is 1. The number of pyridine rings is 1. The number of thioether (sulfide) groups is 2. The van der Waals surface area contributed by atoms with Crippen molar-refractivity contribution >= 4 is 97.0 Å². The van der Waals surface area contributed by atoms with Crippen LogP contribution in [0, 0.1) is 6.92 Å².